The molecule has 1 N–H and O–H groups in total. The molecule has 4 saturated carbocycles. The van der Waals surface area contributed by atoms with E-state index in [4.69, 9.17) is 0 Å². The molecule has 4 aliphatic rings. The zero-order chi connectivity index (χ0) is 18.4. The van der Waals surface area contributed by atoms with Crippen molar-refractivity contribution in [3.8, 4) is 0 Å². The SMILES string of the molecule is CCCCCC[C@H]1CCC2C3CCC4CC(O)CCC4(C)C3CCC21C. The third-order valence-corrected chi connectivity index (χ3v) is 10.2. The predicted molar refractivity (Wildman–Crippen MR) is 110 cm³/mol. The molecule has 0 aliphatic heterocycles. The molecule has 150 valence electrons. The van der Waals surface area contributed by atoms with Gasteiger partial charge in [0.1, 0.15) is 0 Å². The van der Waals surface area contributed by atoms with Gasteiger partial charge in [-0.15, -0.1) is 0 Å². The van der Waals surface area contributed by atoms with Crippen molar-refractivity contribution in [1.82, 2.24) is 0 Å². The van der Waals surface area contributed by atoms with Crippen LogP contribution in [0.5, 0.6) is 0 Å². The van der Waals surface area contributed by atoms with Crippen LogP contribution in [-0.2, 0) is 0 Å². The molecular formula is C25H44O. The van der Waals surface area contributed by atoms with E-state index in [1.807, 2.05) is 0 Å². The van der Waals surface area contributed by atoms with Crippen LogP contribution < -0.4 is 0 Å². The standard InChI is InChI=1S/C25H44O/c1-4-5-6-7-8-18-10-12-22-21-11-9-19-17-20(26)13-15-25(19,3)23(21)14-16-24(18,22)2/h18-23,26H,4-17H2,1-3H3/t18-,19?,20?,21?,22?,23?,24?,25?/m0/s1. The van der Waals surface area contributed by atoms with Crippen molar-refractivity contribution in [3.63, 3.8) is 0 Å². The largest absolute Gasteiger partial charge is 0.393 e. The Morgan fingerprint density at radius 2 is 1.58 bits per heavy atom. The monoisotopic (exact) mass is 360 g/mol. The van der Waals surface area contributed by atoms with Crippen molar-refractivity contribution in [2.24, 2.45) is 40.4 Å². The van der Waals surface area contributed by atoms with E-state index in [0.29, 0.717) is 10.8 Å². The van der Waals surface area contributed by atoms with Crippen LogP contribution in [0.1, 0.15) is 111 Å². The number of hydrogen-bond acceptors (Lipinski definition) is 1. The zero-order valence-electron chi connectivity index (χ0n) is 17.8. The molecule has 26 heavy (non-hydrogen) atoms. The molecule has 4 fully saturated rings. The molecule has 8 atom stereocenters. The fourth-order valence-corrected chi connectivity index (χ4v) is 8.64. The second-order valence-corrected chi connectivity index (χ2v) is 11.3. The zero-order valence-corrected chi connectivity index (χ0v) is 17.8. The second-order valence-electron chi connectivity index (χ2n) is 11.3. The Labute approximate surface area is 162 Å². The lowest BCUT2D eigenvalue weighted by atomic mass is 9.44. The first-order valence-corrected chi connectivity index (χ1v) is 12.2. The summed E-state index contributed by atoms with van der Waals surface area (Å²) in [4.78, 5) is 0. The van der Waals surface area contributed by atoms with E-state index < -0.39 is 0 Å². The van der Waals surface area contributed by atoms with E-state index in [2.05, 4.69) is 20.8 Å². The van der Waals surface area contributed by atoms with Gasteiger partial charge in [0.15, 0.2) is 0 Å². The summed E-state index contributed by atoms with van der Waals surface area (Å²) in [5.74, 6) is 4.81. The van der Waals surface area contributed by atoms with Gasteiger partial charge in [-0.05, 0) is 105 Å². The van der Waals surface area contributed by atoms with Crippen LogP contribution in [0.4, 0.5) is 0 Å². The summed E-state index contributed by atoms with van der Waals surface area (Å²) in [6, 6.07) is 0. The highest BCUT2D eigenvalue weighted by Gasteiger charge is 2.59. The Kier molecular flexibility index (Phi) is 5.50. The van der Waals surface area contributed by atoms with E-state index in [0.717, 1.165) is 42.4 Å². The van der Waals surface area contributed by atoms with E-state index in [-0.39, 0.29) is 6.10 Å². The first-order valence-electron chi connectivity index (χ1n) is 12.2. The molecule has 0 spiro atoms. The van der Waals surface area contributed by atoms with Gasteiger partial charge in [-0.2, -0.15) is 0 Å². The van der Waals surface area contributed by atoms with Crippen LogP contribution in [0.2, 0.25) is 0 Å². The third kappa shape index (κ3) is 3.09. The molecule has 1 heteroatoms. The van der Waals surface area contributed by atoms with Crippen molar-refractivity contribution in [2.45, 2.75) is 117 Å². The van der Waals surface area contributed by atoms with Crippen molar-refractivity contribution >= 4 is 0 Å². The van der Waals surface area contributed by atoms with Crippen LogP contribution in [0.3, 0.4) is 0 Å². The Balaban J connectivity index is 1.46. The van der Waals surface area contributed by atoms with Crippen LogP contribution in [0.15, 0.2) is 0 Å². The van der Waals surface area contributed by atoms with Gasteiger partial charge in [0.05, 0.1) is 6.10 Å². The summed E-state index contributed by atoms with van der Waals surface area (Å²) < 4.78 is 0. The van der Waals surface area contributed by atoms with Gasteiger partial charge in [0, 0.05) is 0 Å². The number of aliphatic hydroxyl groups excluding tert-OH is 1. The minimum Gasteiger partial charge on any atom is -0.393 e. The minimum absolute atomic E-state index is 0.00235. The van der Waals surface area contributed by atoms with Gasteiger partial charge < -0.3 is 5.11 Å². The van der Waals surface area contributed by atoms with Gasteiger partial charge in [0.2, 0.25) is 0 Å². The topological polar surface area (TPSA) is 20.2 Å². The van der Waals surface area contributed by atoms with E-state index in [1.54, 1.807) is 0 Å². The molecule has 0 saturated heterocycles. The van der Waals surface area contributed by atoms with Crippen LogP contribution >= 0.6 is 0 Å². The number of hydrogen-bond donors (Lipinski definition) is 1. The third-order valence-electron chi connectivity index (χ3n) is 10.2. The van der Waals surface area contributed by atoms with Crippen molar-refractivity contribution in [3.05, 3.63) is 0 Å². The van der Waals surface area contributed by atoms with Gasteiger partial charge in [-0.25, -0.2) is 0 Å². The number of unbranched alkanes of at least 4 members (excludes halogenated alkanes) is 3. The number of aliphatic hydroxyl groups is 1. The molecule has 0 aromatic carbocycles. The molecule has 4 aliphatic carbocycles. The molecular weight excluding hydrogens is 316 g/mol. The maximum Gasteiger partial charge on any atom is 0.0543 e. The predicted octanol–water partition coefficient (Wildman–Crippen LogP) is 6.98. The summed E-state index contributed by atoms with van der Waals surface area (Å²) in [6.45, 7) is 7.65. The molecule has 4 rings (SSSR count). The highest BCUT2D eigenvalue weighted by atomic mass is 16.3. The Morgan fingerprint density at radius 3 is 2.38 bits per heavy atom. The number of rotatable bonds is 5. The van der Waals surface area contributed by atoms with Crippen molar-refractivity contribution in [1.29, 1.82) is 0 Å². The van der Waals surface area contributed by atoms with Crippen LogP contribution in [-0.4, -0.2) is 11.2 Å². The van der Waals surface area contributed by atoms with Gasteiger partial charge in [-0.3, -0.25) is 0 Å². The summed E-state index contributed by atoms with van der Waals surface area (Å²) >= 11 is 0. The maximum atomic E-state index is 10.2. The average molecular weight is 361 g/mol. The smallest absolute Gasteiger partial charge is 0.0543 e. The highest BCUT2D eigenvalue weighted by molar-refractivity contribution is 5.09. The minimum atomic E-state index is -0.00235. The number of fused-ring (bicyclic) bond motifs is 5. The highest BCUT2D eigenvalue weighted by Crippen LogP contribution is 2.67. The second kappa shape index (κ2) is 7.41. The van der Waals surface area contributed by atoms with Crippen LogP contribution in [0.25, 0.3) is 0 Å². The van der Waals surface area contributed by atoms with Gasteiger partial charge in [-0.1, -0.05) is 46.5 Å². The molecule has 7 unspecified atom stereocenters. The van der Waals surface area contributed by atoms with E-state index in [9.17, 15) is 5.11 Å². The van der Waals surface area contributed by atoms with Crippen molar-refractivity contribution in [2.75, 3.05) is 0 Å². The normalized spacial score (nSPS) is 50.8. The quantitative estimate of drug-likeness (QED) is 0.524. The Hall–Kier alpha value is -0.0400. The molecule has 0 aromatic heterocycles. The van der Waals surface area contributed by atoms with Crippen molar-refractivity contribution < 1.29 is 5.11 Å². The summed E-state index contributed by atoms with van der Waals surface area (Å²) in [6.07, 6.45) is 19.6. The Bertz CT molecular complexity index is 487. The lowest BCUT2D eigenvalue weighted by Gasteiger charge is -2.61. The van der Waals surface area contributed by atoms with E-state index >= 15 is 0 Å². The summed E-state index contributed by atoms with van der Waals surface area (Å²) in [5, 5.41) is 10.2. The maximum absolute atomic E-state index is 10.2. The summed E-state index contributed by atoms with van der Waals surface area (Å²) in [7, 11) is 0. The molecule has 0 amide bonds. The molecule has 0 heterocycles. The molecule has 1 nitrogen and oxygen atoms in total. The van der Waals surface area contributed by atoms with Gasteiger partial charge >= 0.3 is 0 Å². The lowest BCUT2D eigenvalue weighted by molar-refractivity contribution is -0.127. The van der Waals surface area contributed by atoms with E-state index in [1.165, 1.54) is 77.0 Å². The van der Waals surface area contributed by atoms with Crippen LogP contribution in [0, 0.1) is 40.4 Å². The first-order chi connectivity index (χ1) is 12.5. The molecule has 0 bridgehead atoms. The molecule has 0 aromatic rings. The van der Waals surface area contributed by atoms with Gasteiger partial charge in [0.25, 0.3) is 0 Å². The molecule has 0 radical (unpaired) electrons. The average Bonchev–Trinajstić information content (AvgIpc) is 2.96. The first kappa shape index (κ1) is 19.3. The fraction of sp³-hybridized carbons (Fsp3) is 1.00. The fourth-order valence-electron chi connectivity index (χ4n) is 8.64. The summed E-state index contributed by atoms with van der Waals surface area (Å²) in [5.41, 5.74) is 1.20. The lowest BCUT2D eigenvalue weighted by Crippen LogP contribution is -2.53. The Morgan fingerprint density at radius 1 is 0.808 bits per heavy atom.